The van der Waals surface area contributed by atoms with Gasteiger partial charge in [-0.25, -0.2) is 4.98 Å². The molecular formula is C80H70N4O. The van der Waals surface area contributed by atoms with Gasteiger partial charge in [-0.3, -0.25) is 13.7 Å². The van der Waals surface area contributed by atoms with Crippen LogP contribution >= 0.6 is 0 Å². The summed E-state index contributed by atoms with van der Waals surface area (Å²) in [7, 11) is 0. The van der Waals surface area contributed by atoms with E-state index < -0.39 is 114 Å². The van der Waals surface area contributed by atoms with Gasteiger partial charge in [-0.05, 0) is 191 Å². The van der Waals surface area contributed by atoms with E-state index in [0.717, 1.165) is 38.5 Å². The van der Waals surface area contributed by atoms with Gasteiger partial charge in [0.05, 0.1) is 51.3 Å². The van der Waals surface area contributed by atoms with Gasteiger partial charge in [0.1, 0.15) is 17.3 Å². The first kappa shape index (κ1) is 36.2. The van der Waals surface area contributed by atoms with E-state index in [0.29, 0.717) is 28.6 Å². The number of benzene rings is 10. The maximum absolute atomic E-state index is 10.3. The fourth-order valence-electron chi connectivity index (χ4n) is 11.8. The molecule has 1 aliphatic rings. The number of hydrogen-bond acceptors (Lipinski definition) is 2. The molecule has 0 radical (unpaired) electrons. The van der Waals surface area contributed by atoms with Crippen LogP contribution in [-0.2, 0) is 16.2 Å². The molecule has 85 heavy (non-hydrogen) atoms. The van der Waals surface area contributed by atoms with E-state index in [1.54, 1.807) is 51.7 Å². The van der Waals surface area contributed by atoms with E-state index in [1.807, 2.05) is 96.1 Å². The van der Waals surface area contributed by atoms with Crippen LogP contribution < -0.4 is 9.30 Å². The maximum Gasteiger partial charge on any atom is 0.269 e. The summed E-state index contributed by atoms with van der Waals surface area (Å²) in [5.41, 5.74) is 1.63. The molecule has 0 N–H and O–H groups in total. The van der Waals surface area contributed by atoms with Gasteiger partial charge in [-0.2, -0.15) is 0 Å². The molecule has 0 unspecified atom stereocenters. The van der Waals surface area contributed by atoms with E-state index >= 15 is 0 Å². The number of nitrogens with zero attached hydrogens (tertiary/aromatic N) is 4. The standard InChI is InChI=1S/C80H70N4O/c1-50-23-21-24-51(2)75(50)55-42-68(54-39-57(79(6,7)8)45-58(40-54)80(9,10)11)76-69(43-55)64-31-17-15-29-62(64)63-30-16-18-32-65(63)70-41-53(52-25-13-12-14-26-52)44-73-77(70)83(76)49-82(73)59-27-22-28-60(47-59)85-61-35-36-67-66-33-19-20-34-71(66)84(72(67)48-61)74-46-56(37-38-81-74)78(3,4)5/h12-48H,1-11H3/i1D3,2D3,12D,13D,14D,15D,16D,17D,18D,25D,26D,29D,30D,31D,32D. The van der Waals surface area contributed by atoms with Gasteiger partial charge in [0.25, 0.3) is 6.33 Å². The Kier molecular flexibility index (Phi) is 8.54. The predicted octanol–water partition coefficient (Wildman–Crippen LogP) is 20.8. The minimum absolute atomic E-state index is 0.00556. The van der Waals surface area contributed by atoms with Crippen molar-refractivity contribution in [3.8, 4) is 95.5 Å². The number of fused-ring (bicyclic) bond motifs is 10. The van der Waals surface area contributed by atoms with Gasteiger partial charge < -0.3 is 4.74 Å². The SMILES string of the molecule is [2H]c1c([2H])c([2H])c(-c2cc3c4c(c2)n(-c2cccc(Oc5ccc6c7ccccc7n(-c7cc(C(C)(C)C)ccn7)c6c5)c2)[c-][n+]4-c2c(-c4cc(C(C)(C)C)cc(C(C)(C)C)c4)cc(-c4c(C([2H])([2H])[2H])cccc4C([2H])([2H])[2H])cc2-c2c([2H])c([2H])c([2H])c([2H])c2-c2c([2H])c([2H])c([2H])c([2H])c2-3)c([2H])c1[2H]. The Morgan fingerprint density at radius 1 is 0.459 bits per heavy atom. The number of rotatable bonds is 7. The molecule has 416 valence electrons. The summed E-state index contributed by atoms with van der Waals surface area (Å²) in [6, 6.07) is 31.9. The molecule has 5 nitrogen and oxygen atoms in total. The average Bonchev–Trinajstić information content (AvgIpc) is 1.53. The van der Waals surface area contributed by atoms with Crippen LogP contribution in [0.4, 0.5) is 0 Å². The first-order chi connectivity index (χ1) is 48.7. The molecule has 14 rings (SSSR count). The van der Waals surface area contributed by atoms with Gasteiger partial charge in [0.15, 0.2) is 0 Å². The van der Waals surface area contributed by atoms with Crippen LogP contribution in [0.15, 0.2) is 224 Å². The van der Waals surface area contributed by atoms with E-state index in [2.05, 4.69) is 49.9 Å². The zero-order chi connectivity index (χ0) is 75.0. The average molecular weight is 1120 g/mol. The Balaban J connectivity index is 1.18. The molecule has 0 aliphatic carbocycles. The largest absolute Gasteiger partial charge is 0.458 e. The third-order valence-electron chi connectivity index (χ3n) is 16.2. The Morgan fingerprint density at radius 3 is 1.74 bits per heavy atom. The quantitative estimate of drug-likeness (QED) is 0.118. The monoisotopic (exact) mass is 1120 g/mol. The summed E-state index contributed by atoms with van der Waals surface area (Å²) in [6.07, 6.45) is 5.43. The van der Waals surface area contributed by atoms with Crippen LogP contribution in [-0.4, -0.2) is 14.1 Å². The molecule has 0 spiro atoms. The minimum Gasteiger partial charge on any atom is -0.458 e. The van der Waals surface area contributed by atoms with Crippen LogP contribution in [0.2, 0.25) is 0 Å². The smallest absolute Gasteiger partial charge is 0.269 e. The van der Waals surface area contributed by atoms with Crippen molar-refractivity contribution in [2.24, 2.45) is 0 Å². The van der Waals surface area contributed by atoms with Gasteiger partial charge in [-0.15, -0.1) is 0 Å². The van der Waals surface area contributed by atoms with Crippen LogP contribution in [0, 0.1) is 20.0 Å². The Hall–Kier alpha value is -9.58. The highest BCUT2D eigenvalue weighted by molar-refractivity contribution is 6.10. The molecule has 0 fully saturated rings. The summed E-state index contributed by atoms with van der Waals surface area (Å²) >= 11 is 0. The molecule has 4 heterocycles. The number of pyridine rings is 1. The van der Waals surface area contributed by atoms with E-state index in [-0.39, 0.29) is 83.3 Å². The van der Waals surface area contributed by atoms with Crippen LogP contribution in [0.1, 0.15) is 116 Å². The van der Waals surface area contributed by atoms with Gasteiger partial charge in [0, 0.05) is 31.3 Å². The zero-order valence-electron chi connectivity index (χ0n) is 67.6. The molecule has 5 heteroatoms. The van der Waals surface area contributed by atoms with Crippen molar-refractivity contribution in [1.82, 2.24) is 14.1 Å². The van der Waals surface area contributed by atoms with Gasteiger partial charge in [-0.1, -0.05) is 208 Å². The highest BCUT2D eigenvalue weighted by Crippen LogP contribution is 2.49. The Labute approximate surface area is 526 Å². The van der Waals surface area contributed by atoms with Gasteiger partial charge in [0.2, 0.25) is 0 Å². The van der Waals surface area contributed by atoms with Crippen LogP contribution in [0.3, 0.4) is 0 Å². The first-order valence-electron chi connectivity index (χ1n) is 37.8. The summed E-state index contributed by atoms with van der Waals surface area (Å²) in [6.45, 7) is 12.7. The third kappa shape index (κ3) is 9.34. The van der Waals surface area contributed by atoms with Crippen molar-refractivity contribution >= 4 is 32.8 Å². The summed E-state index contributed by atoms with van der Waals surface area (Å²) in [5.74, 6) is 1.45. The summed E-state index contributed by atoms with van der Waals surface area (Å²) in [5, 5.41) is 1.93. The highest BCUT2D eigenvalue weighted by Gasteiger charge is 2.30. The number of hydrogen-bond donors (Lipinski definition) is 0. The van der Waals surface area contributed by atoms with Crippen molar-refractivity contribution in [3.05, 3.63) is 258 Å². The number of ether oxygens (including phenoxy) is 1. The predicted molar refractivity (Wildman–Crippen MR) is 354 cm³/mol. The number of aryl methyl sites for hydroxylation is 2. The molecule has 0 atom stereocenters. The number of aromatic nitrogens is 4. The van der Waals surface area contributed by atoms with Crippen LogP contribution in [0.25, 0.3) is 117 Å². The lowest BCUT2D eigenvalue weighted by atomic mass is 9.78. The summed E-state index contributed by atoms with van der Waals surface area (Å²) in [4.78, 5) is 4.88. The number of para-hydroxylation sites is 1. The summed E-state index contributed by atoms with van der Waals surface area (Å²) < 4.78 is 191. The second-order valence-electron chi connectivity index (χ2n) is 24.9. The van der Waals surface area contributed by atoms with Crippen LogP contribution in [0.5, 0.6) is 11.5 Å². The lowest BCUT2D eigenvalue weighted by Crippen LogP contribution is -2.32. The van der Waals surface area contributed by atoms with Crippen molar-refractivity contribution in [2.45, 2.75) is 92.3 Å². The normalized spacial score (nSPS) is 15.9. The molecule has 0 amide bonds. The van der Waals surface area contributed by atoms with Crippen molar-refractivity contribution < 1.29 is 35.3 Å². The molecule has 13 aromatic rings. The second-order valence-corrected chi connectivity index (χ2v) is 24.9. The van der Waals surface area contributed by atoms with Crippen molar-refractivity contribution in [2.75, 3.05) is 0 Å². The lowest BCUT2D eigenvalue weighted by molar-refractivity contribution is -0.570. The fourth-order valence-corrected chi connectivity index (χ4v) is 11.8. The lowest BCUT2D eigenvalue weighted by Gasteiger charge is -2.28. The number of imidazole rings is 1. The second kappa shape index (κ2) is 20.1. The van der Waals surface area contributed by atoms with Crippen molar-refractivity contribution in [1.29, 1.82) is 0 Å². The van der Waals surface area contributed by atoms with E-state index in [4.69, 9.17) is 22.1 Å². The highest BCUT2D eigenvalue weighted by atomic mass is 16.5. The zero-order valence-corrected chi connectivity index (χ0v) is 48.6. The van der Waals surface area contributed by atoms with Crippen molar-refractivity contribution in [3.63, 3.8) is 0 Å². The third-order valence-corrected chi connectivity index (χ3v) is 16.2. The molecular weight excluding hydrogens is 1030 g/mol. The Morgan fingerprint density at radius 2 is 1.06 bits per heavy atom. The van der Waals surface area contributed by atoms with E-state index in [9.17, 15) is 13.7 Å². The molecule has 10 aromatic carbocycles. The van der Waals surface area contributed by atoms with E-state index in [1.165, 1.54) is 30.3 Å². The molecule has 0 bridgehead atoms. The maximum atomic E-state index is 10.3. The minimum atomic E-state index is -2.96. The first-order valence-corrected chi connectivity index (χ1v) is 28.3. The molecule has 3 aromatic heterocycles. The molecule has 0 saturated heterocycles. The van der Waals surface area contributed by atoms with Gasteiger partial charge >= 0.3 is 0 Å². The topological polar surface area (TPSA) is 35.9 Å². The molecule has 1 aliphatic heterocycles. The molecule has 0 saturated carbocycles. The Bertz CT molecular complexity index is 5770. The fraction of sp³-hybridized carbons (Fsp3) is 0.175.